The predicted molar refractivity (Wildman–Crippen MR) is 114 cm³/mol. The molecule has 0 N–H and O–H groups in total. The third-order valence-corrected chi connectivity index (χ3v) is 10.4. The van der Waals surface area contributed by atoms with Crippen molar-refractivity contribution in [3.63, 3.8) is 0 Å². The number of halogens is 2. The maximum absolute atomic E-state index is 15.2. The Labute approximate surface area is 171 Å². The topological polar surface area (TPSA) is 42.4 Å². The number of hydrogen-bond donors (Lipinski definition) is 0. The van der Waals surface area contributed by atoms with Crippen molar-refractivity contribution in [2.45, 2.75) is 45.5 Å². The van der Waals surface area contributed by atoms with Crippen molar-refractivity contribution < 1.29 is 13.6 Å². The van der Waals surface area contributed by atoms with Gasteiger partial charge in [0.2, 0.25) is 0 Å². The van der Waals surface area contributed by atoms with Crippen LogP contribution in [0.15, 0.2) is 30.5 Å². The minimum absolute atomic E-state index is 0.0621. The molecule has 0 saturated carbocycles. The number of rotatable bonds is 5. The highest BCUT2D eigenvalue weighted by Crippen LogP contribution is 2.38. The number of ketones is 1. The molecule has 1 fully saturated rings. The maximum Gasteiger partial charge on any atom is 0.192 e. The minimum atomic E-state index is -1.97. The highest BCUT2D eigenvalue weighted by atomic mass is 35.5. The lowest BCUT2D eigenvalue weighted by Crippen LogP contribution is -2.47. The molecule has 150 valence electrons. The van der Waals surface area contributed by atoms with E-state index < -0.39 is 8.32 Å². The summed E-state index contributed by atoms with van der Waals surface area (Å²) >= 11 is 6.34. The van der Waals surface area contributed by atoms with Crippen molar-refractivity contribution in [1.82, 2.24) is 4.98 Å². The molecule has 0 amide bonds. The molecular weight excluding hydrogens is 395 g/mol. The van der Waals surface area contributed by atoms with E-state index in [0.717, 1.165) is 0 Å². The second kappa shape index (κ2) is 7.58. The minimum Gasteiger partial charge on any atom is -0.412 e. The van der Waals surface area contributed by atoms with Crippen molar-refractivity contribution >= 4 is 31.5 Å². The Kier molecular flexibility index (Phi) is 5.67. The zero-order valence-corrected chi connectivity index (χ0v) is 18.7. The summed E-state index contributed by atoms with van der Waals surface area (Å²) in [6, 6.07) is 6.98. The van der Waals surface area contributed by atoms with Gasteiger partial charge in [0.25, 0.3) is 0 Å². The molecule has 2 aromatic rings. The van der Waals surface area contributed by atoms with Crippen molar-refractivity contribution in [2.75, 3.05) is 18.0 Å². The lowest BCUT2D eigenvalue weighted by Gasteiger charge is -2.36. The van der Waals surface area contributed by atoms with Gasteiger partial charge in [-0.05, 0) is 24.2 Å². The SMILES string of the molecule is CC(C)(C)[Si](C)(C)OCc1cccc(-c2cnc(N3CC(=O)C3)c(Cl)c2)c1F. The molecule has 28 heavy (non-hydrogen) atoms. The summed E-state index contributed by atoms with van der Waals surface area (Å²) in [6.45, 7) is 11.7. The molecule has 1 aliphatic rings. The van der Waals surface area contributed by atoms with E-state index in [-0.39, 0.29) is 23.2 Å². The Morgan fingerprint density at radius 1 is 1.29 bits per heavy atom. The largest absolute Gasteiger partial charge is 0.412 e. The fourth-order valence-corrected chi connectivity index (χ4v) is 3.96. The summed E-state index contributed by atoms with van der Waals surface area (Å²) in [5, 5.41) is 0.472. The van der Waals surface area contributed by atoms with Gasteiger partial charge in [0.05, 0.1) is 24.7 Å². The van der Waals surface area contributed by atoms with Crippen molar-refractivity contribution in [1.29, 1.82) is 0 Å². The number of anilines is 1. The normalized spacial score (nSPS) is 15.0. The fraction of sp³-hybridized carbons (Fsp3) is 0.429. The van der Waals surface area contributed by atoms with Crippen LogP contribution in [0.4, 0.5) is 10.2 Å². The Morgan fingerprint density at radius 2 is 1.96 bits per heavy atom. The molecule has 3 rings (SSSR count). The quantitative estimate of drug-likeness (QED) is 0.603. The Bertz CT molecular complexity index is 904. The van der Waals surface area contributed by atoms with Crippen LogP contribution in [0.2, 0.25) is 23.2 Å². The highest BCUT2D eigenvalue weighted by Gasteiger charge is 2.37. The second-order valence-electron chi connectivity index (χ2n) is 8.75. The number of benzene rings is 1. The molecule has 7 heteroatoms. The third-order valence-electron chi connectivity index (χ3n) is 5.64. The van der Waals surface area contributed by atoms with E-state index in [2.05, 4.69) is 38.8 Å². The van der Waals surface area contributed by atoms with Crippen LogP contribution in [0.3, 0.4) is 0 Å². The van der Waals surface area contributed by atoms with Crippen LogP contribution < -0.4 is 4.90 Å². The van der Waals surface area contributed by atoms with Crippen LogP contribution in [0.5, 0.6) is 0 Å². The van der Waals surface area contributed by atoms with E-state index in [9.17, 15) is 4.79 Å². The number of aromatic nitrogens is 1. The zero-order chi connectivity index (χ0) is 20.7. The molecule has 0 radical (unpaired) electrons. The van der Waals surface area contributed by atoms with Gasteiger partial charge in [0.1, 0.15) is 11.6 Å². The van der Waals surface area contributed by atoms with Crippen molar-refractivity contribution in [3.05, 3.63) is 46.9 Å². The lowest BCUT2D eigenvalue weighted by atomic mass is 10.0. The predicted octanol–water partition coefficient (Wildman–Crippen LogP) is 5.45. The standard InChI is InChI=1S/C21H26ClFN2O2Si/c1-21(2,3)28(4,5)27-13-14-7-6-8-17(19(14)23)15-9-18(22)20(24-10-15)25-11-16(26)12-25/h6-10H,11-13H2,1-5H3. The van der Waals surface area contributed by atoms with Gasteiger partial charge < -0.3 is 9.33 Å². The van der Waals surface area contributed by atoms with Crippen LogP contribution in [0, 0.1) is 5.82 Å². The lowest BCUT2D eigenvalue weighted by molar-refractivity contribution is -0.119. The van der Waals surface area contributed by atoms with Crippen LogP contribution >= 0.6 is 11.6 Å². The van der Waals surface area contributed by atoms with Crippen molar-refractivity contribution in [2.24, 2.45) is 0 Å². The van der Waals surface area contributed by atoms with E-state index in [0.29, 0.717) is 40.6 Å². The molecular formula is C21H26ClFN2O2Si. The van der Waals surface area contributed by atoms with Gasteiger partial charge in [-0.3, -0.25) is 4.79 Å². The molecule has 1 aromatic heterocycles. The first kappa shape index (κ1) is 21.0. The summed E-state index contributed by atoms with van der Waals surface area (Å²) in [6.07, 6.45) is 1.60. The van der Waals surface area contributed by atoms with E-state index >= 15 is 4.39 Å². The Balaban J connectivity index is 1.83. The van der Waals surface area contributed by atoms with E-state index in [4.69, 9.17) is 16.0 Å². The third kappa shape index (κ3) is 4.14. The van der Waals surface area contributed by atoms with Crippen molar-refractivity contribution in [3.8, 4) is 11.1 Å². The second-order valence-corrected chi connectivity index (χ2v) is 14.0. The molecule has 0 bridgehead atoms. The average Bonchev–Trinajstić information content (AvgIpc) is 2.57. The summed E-state index contributed by atoms with van der Waals surface area (Å²) < 4.78 is 21.3. The first-order chi connectivity index (χ1) is 13.0. The summed E-state index contributed by atoms with van der Waals surface area (Å²) in [5.41, 5.74) is 1.57. The molecule has 1 aliphatic heterocycles. The molecule has 1 saturated heterocycles. The number of nitrogens with zero attached hydrogens (tertiary/aromatic N) is 2. The molecule has 0 unspecified atom stereocenters. The van der Waals surface area contributed by atoms with Gasteiger partial charge in [-0.1, -0.05) is 50.6 Å². The highest BCUT2D eigenvalue weighted by molar-refractivity contribution is 6.74. The molecule has 2 heterocycles. The van der Waals surface area contributed by atoms with Crippen LogP contribution in [-0.2, 0) is 15.8 Å². The monoisotopic (exact) mass is 420 g/mol. The molecule has 0 aliphatic carbocycles. The van der Waals surface area contributed by atoms with Crippen LogP contribution in [0.25, 0.3) is 11.1 Å². The van der Waals surface area contributed by atoms with E-state index in [1.807, 2.05) is 6.07 Å². The van der Waals surface area contributed by atoms with E-state index in [1.54, 1.807) is 29.3 Å². The van der Waals surface area contributed by atoms with Crippen LogP contribution in [-0.4, -0.2) is 32.2 Å². The molecule has 4 nitrogen and oxygen atoms in total. The maximum atomic E-state index is 15.2. The fourth-order valence-electron chi connectivity index (χ4n) is 2.73. The zero-order valence-electron chi connectivity index (χ0n) is 17.0. The molecule has 0 atom stereocenters. The average molecular weight is 421 g/mol. The Morgan fingerprint density at radius 3 is 2.54 bits per heavy atom. The van der Waals surface area contributed by atoms with Gasteiger partial charge in [0, 0.05) is 22.9 Å². The number of pyridine rings is 1. The molecule has 0 spiro atoms. The number of carbonyl (C=O) groups is 1. The van der Waals surface area contributed by atoms with E-state index in [1.165, 1.54) is 0 Å². The summed E-state index contributed by atoms with van der Waals surface area (Å²) in [7, 11) is -1.97. The van der Waals surface area contributed by atoms with Crippen LogP contribution in [0.1, 0.15) is 26.3 Å². The van der Waals surface area contributed by atoms with Gasteiger partial charge in [-0.2, -0.15) is 0 Å². The van der Waals surface area contributed by atoms with Gasteiger partial charge in [0.15, 0.2) is 14.1 Å². The summed E-state index contributed by atoms with van der Waals surface area (Å²) in [4.78, 5) is 17.3. The Hall–Kier alpha value is -1.76. The first-order valence-electron chi connectivity index (χ1n) is 9.33. The number of hydrogen-bond acceptors (Lipinski definition) is 4. The first-order valence-corrected chi connectivity index (χ1v) is 12.6. The van der Waals surface area contributed by atoms with Gasteiger partial charge in [-0.25, -0.2) is 9.37 Å². The smallest absolute Gasteiger partial charge is 0.192 e. The molecule has 1 aromatic carbocycles. The summed E-state index contributed by atoms with van der Waals surface area (Å²) in [5.74, 6) is 0.399. The van der Waals surface area contributed by atoms with Gasteiger partial charge >= 0.3 is 0 Å². The number of carbonyl (C=O) groups excluding carboxylic acids is 1. The number of Topliss-reactive ketones (excluding diaryl/α,β-unsaturated/α-hetero) is 1. The van der Waals surface area contributed by atoms with Gasteiger partial charge in [-0.15, -0.1) is 0 Å².